The van der Waals surface area contributed by atoms with Crippen molar-refractivity contribution in [2.75, 3.05) is 19.6 Å². The zero-order chi connectivity index (χ0) is 18.2. The lowest BCUT2D eigenvalue weighted by molar-refractivity contribution is 0.0900. The van der Waals surface area contributed by atoms with E-state index < -0.39 is 11.9 Å². The van der Waals surface area contributed by atoms with Crippen LogP contribution in [0.3, 0.4) is 0 Å². The van der Waals surface area contributed by atoms with E-state index in [1.165, 1.54) is 4.57 Å². The van der Waals surface area contributed by atoms with Crippen molar-refractivity contribution >= 4 is 0 Å². The summed E-state index contributed by atoms with van der Waals surface area (Å²) in [4.78, 5) is 14.2. The molecule has 0 fully saturated rings. The van der Waals surface area contributed by atoms with E-state index in [-0.39, 0.29) is 6.54 Å². The number of hydrogen-bond donors (Lipinski definition) is 1. The standard InChI is InChI=1S/C19H29N3O3/c1-4-15(5-2)12-21(6-3)13-17(23)14-22-18(20-25-19(22)24)16-10-8-7-9-11-16/h7-11,15,17,23H,4-6,12-14H2,1-3H3. The molecule has 6 heteroatoms. The second-order valence-corrected chi connectivity index (χ2v) is 6.44. The van der Waals surface area contributed by atoms with Crippen molar-refractivity contribution in [2.45, 2.75) is 46.3 Å². The number of aliphatic hydroxyl groups excluding tert-OH is 1. The van der Waals surface area contributed by atoms with Gasteiger partial charge in [-0.3, -0.25) is 9.09 Å². The molecule has 0 aliphatic heterocycles. The molecule has 1 aromatic heterocycles. The lowest BCUT2D eigenvalue weighted by Crippen LogP contribution is -2.38. The summed E-state index contributed by atoms with van der Waals surface area (Å²) in [5, 5.41) is 14.4. The van der Waals surface area contributed by atoms with Crippen LogP contribution >= 0.6 is 0 Å². The topological polar surface area (TPSA) is 71.5 Å². The highest BCUT2D eigenvalue weighted by molar-refractivity contribution is 5.54. The number of aromatic nitrogens is 2. The van der Waals surface area contributed by atoms with Crippen molar-refractivity contribution in [1.29, 1.82) is 0 Å². The summed E-state index contributed by atoms with van der Waals surface area (Å²) in [5.74, 6) is 0.541. The van der Waals surface area contributed by atoms with Crippen LogP contribution < -0.4 is 5.76 Å². The van der Waals surface area contributed by atoms with Crippen LogP contribution in [0.5, 0.6) is 0 Å². The Morgan fingerprint density at radius 2 is 1.84 bits per heavy atom. The molecule has 1 aromatic carbocycles. The Morgan fingerprint density at radius 3 is 2.44 bits per heavy atom. The van der Waals surface area contributed by atoms with Gasteiger partial charge in [0.25, 0.3) is 0 Å². The lowest BCUT2D eigenvalue weighted by Gasteiger charge is -2.27. The molecule has 1 atom stereocenters. The Labute approximate surface area is 149 Å². The van der Waals surface area contributed by atoms with Gasteiger partial charge in [0.1, 0.15) is 0 Å². The first kappa shape index (κ1) is 19.4. The summed E-state index contributed by atoms with van der Waals surface area (Å²) in [6.07, 6.45) is 1.60. The molecule has 0 aliphatic rings. The van der Waals surface area contributed by atoms with Gasteiger partial charge in [-0.15, -0.1) is 0 Å². The smallest absolute Gasteiger partial charge is 0.390 e. The number of benzene rings is 1. The van der Waals surface area contributed by atoms with Crippen molar-refractivity contribution in [3.63, 3.8) is 0 Å². The first-order valence-corrected chi connectivity index (χ1v) is 9.11. The van der Waals surface area contributed by atoms with E-state index in [2.05, 4.69) is 30.8 Å². The van der Waals surface area contributed by atoms with Gasteiger partial charge in [0.2, 0.25) is 0 Å². The second-order valence-electron chi connectivity index (χ2n) is 6.44. The summed E-state index contributed by atoms with van der Waals surface area (Å²) in [5.41, 5.74) is 0.796. The molecular weight excluding hydrogens is 318 g/mol. The number of likely N-dealkylation sites (N-methyl/N-ethyl adjacent to an activating group) is 1. The molecule has 138 valence electrons. The second kappa shape index (κ2) is 9.53. The molecule has 1 N–H and O–H groups in total. The third-order valence-corrected chi connectivity index (χ3v) is 4.70. The predicted octanol–water partition coefficient (Wildman–Crippen LogP) is 2.62. The van der Waals surface area contributed by atoms with Crippen LogP contribution in [0.2, 0.25) is 0 Å². The Balaban J connectivity index is 2.06. The maximum absolute atomic E-state index is 12.0. The van der Waals surface area contributed by atoms with E-state index in [4.69, 9.17) is 4.52 Å². The van der Waals surface area contributed by atoms with Crippen LogP contribution in [0.4, 0.5) is 0 Å². The summed E-state index contributed by atoms with van der Waals surface area (Å²) < 4.78 is 6.22. The van der Waals surface area contributed by atoms with Gasteiger partial charge in [-0.05, 0) is 12.5 Å². The van der Waals surface area contributed by atoms with Crippen molar-refractivity contribution in [3.8, 4) is 11.4 Å². The number of hydrogen-bond acceptors (Lipinski definition) is 5. The van der Waals surface area contributed by atoms with Gasteiger partial charge in [0.15, 0.2) is 5.82 Å². The van der Waals surface area contributed by atoms with Crippen LogP contribution in [0, 0.1) is 5.92 Å². The molecule has 0 saturated heterocycles. The molecule has 0 spiro atoms. The Kier molecular flexibility index (Phi) is 7.40. The van der Waals surface area contributed by atoms with E-state index in [9.17, 15) is 9.90 Å². The summed E-state index contributed by atoms with van der Waals surface area (Å²) >= 11 is 0. The van der Waals surface area contributed by atoms with Gasteiger partial charge in [-0.25, -0.2) is 4.79 Å². The maximum Gasteiger partial charge on any atom is 0.441 e. The van der Waals surface area contributed by atoms with Crippen molar-refractivity contribution in [3.05, 3.63) is 40.9 Å². The van der Waals surface area contributed by atoms with Crippen LogP contribution in [-0.4, -0.2) is 45.5 Å². The predicted molar refractivity (Wildman–Crippen MR) is 98.4 cm³/mol. The number of nitrogens with zero attached hydrogens (tertiary/aromatic N) is 3. The molecule has 25 heavy (non-hydrogen) atoms. The highest BCUT2D eigenvalue weighted by Gasteiger charge is 2.19. The summed E-state index contributed by atoms with van der Waals surface area (Å²) in [6, 6.07) is 9.39. The first-order chi connectivity index (χ1) is 12.1. The van der Waals surface area contributed by atoms with E-state index in [0.29, 0.717) is 18.3 Å². The van der Waals surface area contributed by atoms with Crippen LogP contribution in [-0.2, 0) is 6.54 Å². The lowest BCUT2D eigenvalue weighted by atomic mass is 10.0. The molecular formula is C19H29N3O3. The third kappa shape index (κ3) is 5.28. The largest absolute Gasteiger partial charge is 0.441 e. The Morgan fingerprint density at radius 1 is 1.16 bits per heavy atom. The molecule has 0 aliphatic carbocycles. The molecule has 1 unspecified atom stereocenters. The quantitative estimate of drug-likeness (QED) is 0.715. The van der Waals surface area contributed by atoms with Crippen LogP contribution in [0.25, 0.3) is 11.4 Å². The molecule has 0 amide bonds. The maximum atomic E-state index is 12.0. The fourth-order valence-electron chi connectivity index (χ4n) is 3.04. The minimum absolute atomic E-state index is 0.173. The minimum Gasteiger partial charge on any atom is -0.390 e. The average molecular weight is 347 g/mol. The fraction of sp³-hybridized carbons (Fsp3) is 0.579. The van der Waals surface area contributed by atoms with E-state index in [1.807, 2.05) is 30.3 Å². The van der Waals surface area contributed by atoms with Gasteiger partial charge < -0.3 is 10.0 Å². The minimum atomic E-state index is -0.658. The van der Waals surface area contributed by atoms with E-state index >= 15 is 0 Å². The first-order valence-electron chi connectivity index (χ1n) is 9.11. The van der Waals surface area contributed by atoms with Crippen molar-refractivity contribution in [2.24, 2.45) is 5.92 Å². The van der Waals surface area contributed by atoms with Gasteiger partial charge in [0, 0.05) is 18.7 Å². The number of rotatable bonds is 10. The molecule has 0 bridgehead atoms. The average Bonchev–Trinajstić information content (AvgIpc) is 2.99. The van der Waals surface area contributed by atoms with Gasteiger partial charge in [-0.1, -0.05) is 69.1 Å². The van der Waals surface area contributed by atoms with Gasteiger partial charge in [0.05, 0.1) is 12.6 Å². The van der Waals surface area contributed by atoms with Gasteiger partial charge in [-0.2, -0.15) is 0 Å². The van der Waals surface area contributed by atoms with Gasteiger partial charge >= 0.3 is 5.76 Å². The molecule has 0 saturated carbocycles. The monoisotopic (exact) mass is 347 g/mol. The zero-order valence-electron chi connectivity index (χ0n) is 15.4. The SMILES string of the molecule is CCC(CC)CN(CC)CC(O)Cn1c(-c2ccccc2)noc1=O. The van der Waals surface area contributed by atoms with Crippen LogP contribution in [0.15, 0.2) is 39.6 Å². The Hall–Kier alpha value is -1.92. The fourth-order valence-corrected chi connectivity index (χ4v) is 3.04. The number of aliphatic hydroxyl groups is 1. The molecule has 0 radical (unpaired) electrons. The van der Waals surface area contributed by atoms with E-state index in [0.717, 1.165) is 31.5 Å². The molecule has 2 aromatic rings. The van der Waals surface area contributed by atoms with Crippen LogP contribution in [0.1, 0.15) is 33.6 Å². The molecule has 1 heterocycles. The highest BCUT2D eigenvalue weighted by Crippen LogP contribution is 2.16. The molecule has 6 nitrogen and oxygen atoms in total. The highest BCUT2D eigenvalue weighted by atomic mass is 16.5. The normalized spacial score (nSPS) is 12.9. The third-order valence-electron chi connectivity index (χ3n) is 4.70. The van der Waals surface area contributed by atoms with Crippen molar-refractivity contribution in [1.82, 2.24) is 14.6 Å². The molecule has 2 rings (SSSR count). The summed E-state index contributed by atoms with van der Waals surface area (Å²) in [7, 11) is 0. The van der Waals surface area contributed by atoms with Crippen molar-refractivity contribution < 1.29 is 9.63 Å². The summed E-state index contributed by atoms with van der Waals surface area (Å²) in [6.45, 7) is 9.02. The Bertz CT molecular complexity index is 677. The zero-order valence-corrected chi connectivity index (χ0v) is 15.4. The van der Waals surface area contributed by atoms with E-state index in [1.54, 1.807) is 0 Å².